The molecule has 120 valence electrons. The first-order valence-electron chi connectivity index (χ1n) is 7.06. The molecule has 2 amide bonds. The van der Waals surface area contributed by atoms with Crippen LogP contribution < -0.4 is 5.32 Å². The molecule has 1 aliphatic heterocycles. The Kier molecular flexibility index (Phi) is 4.55. The SMILES string of the molecule is Cc1cccc(NC(=O)C(=O)N(C)C2CCS(=O)(=O)C2)c1C. The quantitative estimate of drug-likeness (QED) is 0.819. The van der Waals surface area contributed by atoms with E-state index in [0.717, 1.165) is 11.1 Å². The van der Waals surface area contributed by atoms with Gasteiger partial charge >= 0.3 is 11.8 Å². The van der Waals surface area contributed by atoms with E-state index in [4.69, 9.17) is 0 Å². The number of sulfone groups is 1. The Morgan fingerprint density at radius 1 is 1.27 bits per heavy atom. The number of anilines is 1. The highest BCUT2D eigenvalue weighted by molar-refractivity contribution is 7.91. The molecular weight excluding hydrogens is 304 g/mol. The summed E-state index contributed by atoms with van der Waals surface area (Å²) in [6.45, 7) is 3.78. The van der Waals surface area contributed by atoms with Crippen molar-refractivity contribution in [2.45, 2.75) is 26.3 Å². The average molecular weight is 324 g/mol. The van der Waals surface area contributed by atoms with Gasteiger partial charge in [-0.1, -0.05) is 12.1 Å². The molecule has 6 nitrogen and oxygen atoms in total. The van der Waals surface area contributed by atoms with Crippen molar-refractivity contribution in [3.63, 3.8) is 0 Å². The molecule has 1 unspecified atom stereocenters. The van der Waals surface area contributed by atoms with Gasteiger partial charge in [0.25, 0.3) is 0 Å². The molecule has 1 aromatic carbocycles. The molecule has 0 radical (unpaired) electrons. The monoisotopic (exact) mass is 324 g/mol. The highest BCUT2D eigenvalue weighted by atomic mass is 32.2. The van der Waals surface area contributed by atoms with E-state index in [1.807, 2.05) is 19.9 Å². The Hall–Kier alpha value is -1.89. The summed E-state index contributed by atoms with van der Waals surface area (Å²) in [5.41, 5.74) is 2.50. The summed E-state index contributed by atoms with van der Waals surface area (Å²) in [7, 11) is -1.63. The van der Waals surface area contributed by atoms with Gasteiger partial charge in [0.15, 0.2) is 9.84 Å². The molecule has 0 aromatic heterocycles. The van der Waals surface area contributed by atoms with Crippen molar-refractivity contribution in [1.82, 2.24) is 4.90 Å². The number of nitrogens with one attached hydrogen (secondary N) is 1. The number of carbonyl (C=O) groups is 2. The predicted octanol–water partition coefficient (Wildman–Crippen LogP) is 0.887. The van der Waals surface area contributed by atoms with Gasteiger partial charge in [-0.15, -0.1) is 0 Å². The molecule has 1 saturated heterocycles. The molecule has 0 spiro atoms. The largest absolute Gasteiger partial charge is 0.333 e. The van der Waals surface area contributed by atoms with Crippen molar-refractivity contribution >= 4 is 27.3 Å². The molecule has 22 heavy (non-hydrogen) atoms. The maximum atomic E-state index is 12.2. The number of hydrogen-bond acceptors (Lipinski definition) is 4. The van der Waals surface area contributed by atoms with E-state index in [2.05, 4.69) is 5.32 Å². The summed E-state index contributed by atoms with van der Waals surface area (Å²) >= 11 is 0. The second-order valence-corrected chi connectivity index (χ2v) is 7.90. The smallest absolute Gasteiger partial charge is 0.313 e. The Morgan fingerprint density at radius 2 is 1.95 bits per heavy atom. The van der Waals surface area contributed by atoms with E-state index >= 15 is 0 Å². The highest BCUT2D eigenvalue weighted by Gasteiger charge is 2.34. The van der Waals surface area contributed by atoms with Gasteiger partial charge in [0.2, 0.25) is 0 Å². The van der Waals surface area contributed by atoms with Crippen molar-refractivity contribution in [1.29, 1.82) is 0 Å². The predicted molar refractivity (Wildman–Crippen MR) is 84.4 cm³/mol. The lowest BCUT2D eigenvalue weighted by Gasteiger charge is -2.22. The van der Waals surface area contributed by atoms with Gasteiger partial charge in [0.05, 0.1) is 11.5 Å². The molecule has 0 saturated carbocycles. The van der Waals surface area contributed by atoms with Crippen molar-refractivity contribution in [2.75, 3.05) is 23.9 Å². The fourth-order valence-corrected chi connectivity index (χ4v) is 4.24. The van der Waals surface area contributed by atoms with Gasteiger partial charge in [0, 0.05) is 18.8 Å². The molecule has 1 fully saturated rings. The normalized spacial score (nSPS) is 19.7. The lowest BCUT2D eigenvalue weighted by molar-refractivity contribution is -0.143. The number of hydrogen-bond donors (Lipinski definition) is 1. The maximum Gasteiger partial charge on any atom is 0.313 e. The standard InChI is InChI=1S/C15H20N2O4S/c1-10-5-4-6-13(11(10)2)16-14(18)15(19)17(3)12-7-8-22(20,21)9-12/h4-6,12H,7-9H2,1-3H3,(H,16,18). The van der Waals surface area contributed by atoms with E-state index in [-0.39, 0.29) is 11.5 Å². The van der Waals surface area contributed by atoms with E-state index in [9.17, 15) is 18.0 Å². The lowest BCUT2D eigenvalue weighted by Crippen LogP contribution is -2.44. The van der Waals surface area contributed by atoms with Crippen LogP contribution in [0.5, 0.6) is 0 Å². The summed E-state index contributed by atoms with van der Waals surface area (Å²) < 4.78 is 22.9. The molecule has 7 heteroatoms. The van der Waals surface area contributed by atoms with Gasteiger partial charge in [-0.05, 0) is 37.5 Å². The maximum absolute atomic E-state index is 12.2. The van der Waals surface area contributed by atoms with Gasteiger partial charge in [-0.25, -0.2) is 8.42 Å². The summed E-state index contributed by atoms with van der Waals surface area (Å²) in [6, 6.07) is 5.02. The third kappa shape index (κ3) is 3.47. The first-order chi connectivity index (χ1) is 10.2. The molecule has 1 heterocycles. The first kappa shape index (κ1) is 16.5. The first-order valence-corrected chi connectivity index (χ1v) is 8.88. The van der Waals surface area contributed by atoms with Crippen LogP contribution in [0.1, 0.15) is 17.5 Å². The number of aryl methyl sites for hydroxylation is 1. The molecule has 1 atom stereocenters. The van der Waals surface area contributed by atoms with Crippen LogP contribution in [0.3, 0.4) is 0 Å². The van der Waals surface area contributed by atoms with E-state index in [0.29, 0.717) is 12.1 Å². The minimum atomic E-state index is -3.10. The summed E-state index contributed by atoms with van der Waals surface area (Å²) in [5, 5.41) is 2.60. The second-order valence-electron chi connectivity index (χ2n) is 5.67. The van der Waals surface area contributed by atoms with E-state index in [1.165, 1.54) is 11.9 Å². The number of likely N-dealkylation sites (N-methyl/N-ethyl adjacent to an activating group) is 1. The second kappa shape index (κ2) is 6.08. The molecule has 1 aromatic rings. The van der Waals surface area contributed by atoms with Crippen LogP contribution in [-0.2, 0) is 19.4 Å². The zero-order chi connectivity index (χ0) is 16.5. The van der Waals surface area contributed by atoms with Crippen LogP contribution in [0.25, 0.3) is 0 Å². The molecule has 1 N–H and O–H groups in total. The van der Waals surface area contributed by atoms with Crippen molar-refractivity contribution < 1.29 is 18.0 Å². The average Bonchev–Trinajstić information content (AvgIpc) is 2.82. The summed E-state index contributed by atoms with van der Waals surface area (Å²) in [6.07, 6.45) is 0.376. The van der Waals surface area contributed by atoms with Crippen molar-refractivity contribution in [3.05, 3.63) is 29.3 Å². The van der Waals surface area contributed by atoms with E-state index < -0.39 is 27.7 Å². The third-order valence-electron chi connectivity index (χ3n) is 4.12. The molecule has 0 aliphatic carbocycles. The zero-order valence-electron chi connectivity index (χ0n) is 12.9. The van der Waals surface area contributed by atoms with Gasteiger partial charge in [-0.3, -0.25) is 9.59 Å². The Morgan fingerprint density at radius 3 is 2.55 bits per heavy atom. The minimum absolute atomic E-state index is 0.0634. The Labute approximate surface area is 130 Å². The van der Waals surface area contributed by atoms with E-state index in [1.54, 1.807) is 12.1 Å². The number of amides is 2. The lowest BCUT2D eigenvalue weighted by atomic mass is 10.1. The number of carbonyl (C=O) groups excluding carboxylic acids is 2. The number of nitrogens with zero attached hydrogens (tertiary/aromatic N) is 1. The highest BCUT2D eigenvalue weighted by Crippen LogP contribution is 2.19. The molecular formula is C15H20N2O4S. The zero-order valence-corrected chi connectivity index (χ0v) is 13.7. The topological polar surface area (TPSA) is 83.6 Å². The fraction of sp³-hybridized carbons (Fsp3) is 0.467. The molecule has 0 bridgehead atoms. The van der Waals surface area contributed by atoms with Crippen LogP contribution in [0.2, 0.25) is 0 Å². The van der Waals surface area contributed by atoms with Crippen molar-refractivity contribution in [2.24, 2.45) is 0 Å². The molecule has 2 rings (SSSR count). The van der Waals surface area contributed by atoms with Crippen LogP contribution in [0, 0.1) is 13.8 Å². The third-order valence-corrected chi connectivity index (χ3v) is 5.87. The number of rotatable bonds is 2. The number of benzene rings is 1. The fourth-order valence-electron chi connectivity index (χ4n) is 2.47. The van der Waals surface area contributed by atoms with Gasteiger partial charge in [-0.2, -0.15) is 0 Å². The van der Waals surface area contributed by atoms with Crippen LogP contribution in [0.15, 0.2) is 18.2 Å². The summed E-state index contributed by atoms with van der Waals surface area (Å²) in [5.74, 6) is -1.48. The van der Waals surface area contributed by atoms with Gasteiger partial charge < -0.3 is 10.2 Å². The van der Waals surface area contributed by atoms with Crippen LogP contribution in [-0.4, -0.2) is 49.7 Å². The van der Waals surface area contributed by atoms with Crippen LogP contribution >= 0.6 is 0 Å². The molecule has 1 aliphatic rings. The minimum Gasteiger partial charge on any atom is -0.333 e. The van der Waals surface area contributed by atoms with Gasteiger partial charge in [0.1, 0.15) is 0 Å². The Bertz CT molecular complexity index is 712. The summed E-state index contributed by atoms with van der Waals surface area (Å²) in [4.78, 5) is 25.5. The van der Waals surface area contributed by atoms with Crippen LogP contribution in [0.4, 0.5) is 5.69 Å². The Balaban J connectivity index is 2.06. The van der Waals surface area contributed by atoms with Crippen molar-refractivity contribution in [3.8, 4) is 0 Å².